The summed E-state index contributed by atoms with van der Waals surface area (Å²) in [7, 11) is 0. The van der Waals surface area contributed by atoms with Gasteiger partial charge in [-0.2, -0.15) is 0 Å². The Balaban J connectivity index is 1.29. The summed E-state index contributed by atoms with van der Waals surface area (Å²) >= 11 is 0. The van der Waals surface area contributed by atoms with Gasteiger partial charge in [-0.05, 0) is 36.6 Å². The van der Waals surface area contributed by atoms with E-state index < -0.39 is 6.09 Å². The highest BCUT2D eigenvalue weighted by molar-refractivity contribution is 5.94. The highest BCUT2D eigenvalue weighted by atomic mass is 16.5. The zero-order valence-corrected chi connectivity index (χ0v) is 23.3. The number of nitrogens with zero attached hydrogens (tertiary/aromatic N) is 7. The van der Waals surface area contributed by atoms with E-state index >= 15 is 0 Å². The SMILES string of the molecule is O=C(O)Nc1ncc(-c2nc(N3CCOCC3)c3ncc(-c4cccc(NC(=O)CN5CCC(O)CC5)c4)cc3n2)cn1. The maximum atomic E-state index is 12.7. The summed E-state index contributed by atoms with van der Waals surface area (Å²) in [6.45, 7) is 4.09. The topological polar surface area (TPSA) is 179 Å². The first-order valence-corrected chi connectivity index (χ1v) is 14.0. The molecule has 1 aromatic carbocycles. The summed E-state index contributed by atoms with van der Waals surface area (Å²) < 4.78 is 5.53. The minimum atomic E-state index is -1.26. The van der Waals surface area contributed by atoms with Gasteiger partial charge < -0.3 is 25.2 Å². The molecule has 4 N–H and O–H groups in total. The van der Waals surface area contributed by atoms with Crippen LogP contribution in [-0.4, -0.2) is 104 Å². The Kier molecular flexibility index (Phi) is 8.31. The number of ether oxygens (including phenoxy) is 1. The molecule has 2 aliphatic heterocycles. The van der Waals surface area contributed by atoms with Crippen LogP contribution in [0.3, 0.4) is 0 Å². The number of hydrogen-bond donors (Lipinski definition) is 4. The van der Waals surface area contributed by atoms with Crippen molar-refractivity contribution in [2.24, 2.45) is 0 Å². The molecular weight excluding hydrogens is 554 g/mol. The van der Waals surface area contributed by atoms with Crippen LogP contribution >= 0.6 is 0 Å². The molecule has 5 heterocycles. The van der Waals surface area contributed by atoms with Gasteiger partial charge in [-0.25, -0.2) is 24.7 Å². The maximum absolute atomic E-state index is 12.7. The number of morpholine rings is 1. The van der Waals surface area contributed by atoms with Crippen molar-refractivity contribution in [1.82, 2.24) is 29.8 Å². The fourth-order valence-electron chi connectivity index (χ4n) is 5.15. The molecule has 0 spiro atoms. The second-order valence-electron chi connectivity index (χ2n) is 10.4. The third-order valence-electron chi connectivity index (χ3n) is 7.36. The summed E-state index contributed by atoms with van der Waals surface area (Å²) in [6, 6.07) is 9.49. The zero-order valence-electron chi connectivity index (χ0n) is 23.3. The highest BCUT2D eigenvalue weighted by Crippen LogP contribution is 2.30. The van der Waals surface area contributed by atoms with Crippen LogP contribution in [0.25, 0.3) is 33.5 Å². The number of pyridine rings is 1. The zero-order chi connectivity index (χ0) is 29.8. The highest BCUT2D eigenvalue weighted by Gasteiger charge is 2.21. The monoisotopic (exact) mass is 585 g/mol. The molecule has 222 valence electrons. The average Bonchev–Trinajstić information content (AvgIpc) is 3.02. The molecule has 4 aromatic rings. The van der Waals surface area contributed by atoms with Gasteiger partial charge in [0.2, 0.25) is 11.9 Å². The van der Waals surface area contributed by atoms with Crippen molar-refractivity contribution >= 4 is 40.5 Å². The summed E-state index contributed by atoms with van der Waals surface area (Å²) in [6.07, 6.45) is 4.52. The van der Waals surface area contributed by atoms with E-state index in [-0.39, 0.29) is 24.5 Å². The average molecular weight is 586 g/mol. The van der Waals surface area contributed by atoms with Crippen LogP contribution < -0.4 is 15.5 Å². The number of carboxylic acid groups (broad SMARTS) is 1. The largest absolute Gasteiger partial charge is 0.465 e. The molecule has 0 atom stereocenters. The second-order valence-corrected chi connectivity index (χ2v) is 10.4. The molecule has 0 unspecified atom stereocenters. The number of piperidine rings is 1. The van der Waals surface area contributed by atoms with Gasteiger partial charge in [0.25, 0.3) is 0 Å². The van der Waals surface area contributed by atoms with Gasteiger partial charge in [-0.15, -0.1) is 0 Å². The van der Waals surface area contributed by atoms with Crippen LogP contribution in [-0.2, 0) is 9.53 Å². The van der Waals surface area contributed by atoms with Crippen molar-refractivity contribution in [2.75, 3.05) is 61.5 Å². The minimum absolute atomic E-state index is 0.0453. The molecule has 0 aliphatic carbocycles. The summed E-state index contributed by atoms with van der Waals surface area (Å²) in [5.74, 6) is 0.885. The van der Waals surface area contributed by atoms with Gasteiger partial charge >= 0.3 is 6.09 Å². The first kappa shape index (κ1) is 28.3. The number of hydrogen-bond acceptors (Lipinski definition) is 11. The summed E-state index contributed by atoms with van der Waals surface area (Å²) in [5.41, 5.74) is 4.10. The third kappa shape index (κ3) is 6.83. The minimum Gasteiger partial charge on any atom is -0.465 e. The van der Waals surface area contributed by atoms with Gasteiger partial charge in [0, 0.05) is 56.0 Å². The van der Waals surface area contributed by atoms with Crippen molar-refractivity contribution < 1.29 is 24.5 Å². The number of carbonyl (C=O) groups excluding carboxylic acids is 1. The van der Waals surface area contributed by atoms with Gasteiger partial charge in [0.1, 0.15) is 5.52 Å². The normalized spacial score (nSPS) is 16.3. The Hall–Kier alpha value is -4.79. The van der Waals surface area contributed by atoms with Crippen molar-refractivity contribution in [2.45, 2.75) is 18.9 Å². The lowest BCUT2D eigenvalue weighted by molar-refractivity contribution is -0.117. The van der Waals surface area contributed by atoms with E-state index in [2.05, 4.69) is 25.5 Å². The Morgan fingerprint density at radius 2 is 1.65 bits per heavy atom. The fourth-order valence-corrected chi connectivity index (χ4v) is 5.15. The number of benzene rings is 1. The summed E-state index contributed by atoms with van der Waals surface area (Å²) in [5, 5.41) is 23.8. The molecular formula is C29H31N9O5. The maximum Gasteiger partial charge on any atom is 0.411 e. The first-order valence-electron chi connectivity index (χ1n) is 14.0. The van der Waals surface area contributed by atoms with Gasteiger partial charge in [0.15, 0.2) is 11.6 Å². The lowest BCUT2D eigenvalue weighted by atomic mass is 10.1. The van der Waals surface area contributed by atoms with E-state index in [4.69, 9.17) is 24.8 Å². The molecule has 0 radical (unpaired) electrons. The Bertz CT molecular complexity index is 1620. The summed E-state index contributed by atoms with van der Waals surface area (Å²) in [4.78, 5) is 50.3. The number of fused-ring (bicyclic) bond motifs is 1. The van der Waals surface area contributed by atoms with Crippen LogP contribution in [0, 0.1) is 0 Å². The predicted octanol–water partition coefficient (Wildman–Crippen LogP) is 2.47. The molecule has 0 bridgehead atoms. The van der Waals surface area contributed by atoms with E-state index in [0.717, 1.165) is 11.1 Å². The molecule has 6 rings (SSSR count). The Morgan fingerprint density at radius 3 is 2.40 bits per heavy atom. The Morgan fingerprint density at radius 1 is 0.907 bits per heavy atom. The molecule has 14 nitrogen and oxygen atoms in total. The van der Waals surface area contributed by atoms with Crippen LogP contribution in [0.5, 0.6) is 0 Å². The quantitative estimate of drug-likeness (QED) is 0.249. The standard InChI is InChI=1S/C29H31N9O5/c39-22-4-6-37(7-5-22)17-24(40)33-21-3-1-2-18(12-21)19-13-23-25(30-14-19)27(38-8-10-43-11-9-38)35-26(34-23)20-15-31-28(32-16-20)36-29(41)42/h1-3,12-16,22,39H,4-11,17H2,(H,33,40)(H,41,42)(H,31,32,36). The van der Waals surface area contributed by atoms with Gasteiger partial charge in [-0.3, -0.25) is 20.0 Å². The van der Waals surface area contributed by atoms with Crippen molar-refractivity contribution in [3.63, 3.8) is 0 Å². The lowest BCUT2D eigenvalue weighted by Gasteiger charge is -2.28. The molecule has 2 fully saturated rings. The van der Waals surface area contributed by atoms with Crippen molar-refractivity contribution in [3.05, 3.63) is 48.9 Å². The smallest absolute Gasteiger partial charge is 0.411 e. The van der Waals surface area contributed by atoms with E-state index in [0.29, 0.717) is 86.2 Å². The van der Waals surface area contributed by atoms with Crippen molar-refractivity contribution in [3.8, 4) is 22.5 Å². The van der Waals surface area contributed by atoms with Crippen LogP contribution in [0.15, 0.2) is 48.9 Å². The number of likely N-dealkylation sites (tertiary alicyclic amines) is 1. The number of anilines is 3. The van der Waals surface area contributed by atoms with E-state index in [9.17, 15) is 14.7 Å². The number of rotatable bonds is 7. The Labute approximate surface area is 246 Å². The first-order chi connectivity index (χ1) is 20.9. The number of aliphatic hydroxyl groups is 1. The molecule has 2 saturated heterocycles. The molecule has 0 saturated carbocycles. The van der Waals surface area contributed by atoms with Gasteiger partial charge in [-0.1, -0.05) is 12.1 Å². The molecule has 3 aromatic heterocycles. The predicted molar refractivity (Wildman–Crippen MR) is 159 cm³/mol. The van der Waals surface area contributed by atoms with Crippen molar-refractivity contribution in [1.29, 1.82) is 0 Å². The lowest BCUT2D eigenvalue weighted by Crippen LogP contribution is -2.40. The molecule has 14 heteroatoms. The van der Waals surface area contributed by atoms with Crippen LogP contribution in [0.4, 0.5) is 22.2 Å². The number of nitrogens with one attached hydrogen (secondary N) is 2. The van der Waals surface area contributed by atoms with Crippen LogP contribution in [0.2, 0.25) is 0 Å². The molecule has 43 heavy (non-hydrogen) atoms. The number of aromatic nitrogens is 5. The second kappa shape index (κ2) is 12.6. The molecule has 2 aliphatic rings. The fraction of sp³-hybridized carbons (Fsp3) is 0.345. The van der Waals surface area contributed by atoms with E-state index in [1.165, 1.54) is 12.4 Å². The third-order valence-corrected chi connectivity index (χ3v) is 7.36. The number of amides is 2. The van der Waals surface area contributed by atoms with E-state index in [1.807, 2.05) is 35.2 Å². The van der Waals surface area contributed by atoms with E-state index in [1.54, 1.807) is 6.20 Å². The van der Waals surface area contributed by atoms with Gasteiger partial charge in [0.05, 0.1) is 36.9 Å². The number of carbonyl (C=O) groups is 2. The van der Waals surface area contributed by atoms with Crippen LogP contribution in [0.1, 0.15) is 12.8 Å². The number of aliphatic hydroxyl groups excluding tert-OH is 1. The molecule has 2 amide bonds.